The van der Waals surface area contributed by atoms with Gasteiger partial charge in [0.1, 0.15) is 0 Å². The van der Waals surface area contributed by atoms with Gasteiger partial charge in [-0.15, -0.1) is 0 Å². The van der Waals surface area contributed by atoms with E-state index in [9.17, 15) is 4.79 Å². The lowest BCUT2D eigenvalue weighted by Gasteiger charge is -2.27. The average Bonchev–Trinajstić information content (AvgIpc) is 2.44. The van der Waals surface area contributed by atoms with Crippen molar-refractivity contribution in [2.24, 2.45) is 5.92 Å². The van der Waals surface area contributed by atoms with Crippen LogP contribution in [0.5, 0.6) is 0 Å². The molecule has 2 amide bonds. The molecule has 1 aliphatic rings. The van der Waals surface area contributed by atoms with Crippen molar-refractivity contribution >= 4 is 6.03 Å². The first kappa shape index (κ1) is 17.2. The van der Waals surface area contributed by atoms with Crippen molar-refractivity contribution in [2.75, 3.05) is 46.9 Å². The number of likely N-dealkylation sites (N-methyl/N-ethyl adjacent to an activating group) is 1. The molecule has 0 aromatic heterocycles. The number of nitrogens with zero attached hydrogens (tertiary/aromatic N) is 2. The minimum atomic E-state index is -0.0447. The minimum Gasteiger partial charge on any atom is -0.395 e. The van der Waals surface area contributed by atoms with Crippen LogP contribution in [0.25, 0.3) is 0 Å². The Hall–Kier alpha value is -0.810. The van der Waals surface area contributed by atoms with Crippen molar-refractivity contribution in [1.82, 2.24) is 15.1 Å². The van der Waals surface area contributed by atoms with Crippen molar-refractivity contribution in [2.45, 2.75) is 38.5 Å². The summed E-state index contributed by atoms with van der Waals surface area (Å²) in [5.41, 5.74) is 0. The van der Waals surface area contributed by atoms with Gasteiger partial charge >= 0.3 is 6.03 Å². The van der Waals surface area contributed by atoms with Gasteiger partial charge in [-0.05, 0) is 26.4 Å². The molecule has 5 heteroatoms. The van der Waals surface area contributed by atoms with Crippen molar-refractivity contribution < 1.29 is 9.90 Å². The summed E-state index contributed by atoms with van der Waals surface area (Å²) in [6.07, 6.45) is 7.70. The normalized spacial score (nSPS) is 16.4. The number of carbonyl (C=O) groups is 1. The highest BCUT2D eigenvalue weighted by Gasteiger charge is 2.17. The van der Waals surface area contributed by atoms with Crippen LogP contribution >= 0.6 is 0 Å². The maximum Gasteiger partial charge on any atom is 0.317 e. The van der Waals surface area contributed by atoms with Crippen LogP contribution in [0.2, 0.25) is 0 Å². The molecule has 0 radical (unpaired) electrons. The number of aliphatic hydroxyl groups is 1. The van der Waals surface area contributed by atoms with Crippen molar-refractivity contribution in [1.29, 1.82) is 0 Å². The van der Waals surface area contributed by atoms with E-state index >= 15 is 0 Å². The fourth-order valence-corrected chi connectivity index (χ4v) is 2.75. The molecule has 0 saturated heterocycles. The first-order valence-corrected chi connectivity index (χ1v) is 7.92. The van der Waals surface area contributed by atoms with Crippen LogP contribution in [0.4, 0.5) is 4.79 Å². The Bertz CT molecular complexity index is 266. The number of rotatable bonds is 8. The van der Waals surface area contributed by atoms with Crippen LogP contribution in [0, 0.1) is 5.92 Å². The lowest BCUT2D eigenvalue weighted by molar-refractivity contribution is 0.169. The monoisotopic (exact) mass is 285 g/mol. The highest BCUT2D eigenvalue weighted by atomic mass is 16.3. The third-order valence-corrected chi connectivity index (χ3v) is 4.02. The van der Waals surface area contributed by atoms with Gasteiger partial charge in [0, 0.05) is 26.2 Å². The summed E-state index contributed by atoms with van der Waals surface area (Å²) in [7, 11) is 3.97. The van der Waals surface area contributed by atoms with Gasteiger partial charge in [0.05, 0.1) is 6.61 Å². The summed E-state index contributed by atoms with van der Waals surface area (Å²) in [5.74, 6) is 0.763. The standard InChI is InChI=1S/C15H31N3O2/c1-17(2)11-9-16-15(20)18(12-13-19)10-8-14-6-4-3-5-7-14/h14,19H,3-13H2,1-2H3,(H,16,20). The van der Waals surface area contributed by atoms with E-state index in [2.05, 4.69) is 5.32 Å². The second kappa shape index (κ2) is 10.00. The van der Waals surface area contributed by atoms with E-state index in [1.54, 1.807) is 4.90 Å². The second-order valence-corrected chi connectivity index (χ2v) is 6.04. The molecular weight excluding hydrogens is 254 g/mol. The molecule has 1 saturated carbocycles. The lowest BCUT2D eigenvalue weighted by Crippen LogP contribution is -2.44. The molecule has 0 spiro atoms. The Morgan fingerprint density at radius 2 is 1.85 bits per heavy atom. The van der Waals surface area contributed by atoms with Crippen molar-refractivity contribution in [3.63, 3.8) is 0 Å². The number of carbonyl (C=O) groups excluding carboxylic acids is 1. The van der Waals surface area contributed by atoms with Crippen LogP contribution in [-0.2, 0) is 0 Å². The molecule has 0 heterocycles. The third-order valence-electron chi connectivity index (χ3n) is 4.02. The van der Waals surface area contributed by atoms with E-state index in [1.807, 2.05) is 19.0 Å². The highest BCUT2D eigenvalue weighted by molar-refractivity contribution is 5.74. The molecule has 1 fully saturated rings. The fraction of sp³-hybridized carbons (Fsp3) is 0.933. The number of amides is 2. The number of aliphatic hydroxyl groups excluding tert-OH is 1. The van der Waals surface area contributed by atoms with Gasteiger partial charge < -0.3 is 20.2 Å². The van der Waals surface area contributed by atoms with E-state index in [4.69, 9.17) is 5.11 Å². The molecule has 0 aliphatic heterocycles. The topological polar surface area (TPSA) is 55.8 Å². The van der Waals surface area contributed by atoms with Gasteiger partial charge in [-0.2, -0.15) is 0 Å². The molecule has 118 valence electrons. The summed E-state index contributed by atoms with van der Waals surface area (Å²) >= 11 is 0. The smallest absolute Gasteiger partial charge is 0.317 e. The Balaban J connectivity index is 2.28. The summed E-state index contributed by atoms with van der Waals surface area (Å²) < 4.78 is 0. The van der Waals surface area contributed by atoms with Crippen molar-refractivity contribution in [3.8, 4) is 0 Å². The van der Waals surface area contributed by atoms with Crippen molar-refractivity contribution in [3.05, 3.63) is 0 Å². The van der Waals surface area contributed by atoms with E-state index in [0.717, 1.165) is 25.4 Å². The number of hydrogen-bond acceptors (Lipinski definition) is 3. The predicted molar refractivity (Wildman–Crippen MR) is 81.8 cm³/mol. The highest BCUT2D eigenvalue weighted by Crippen LogP contribution is 2.26. The third kappa shape index (κ3) is 7.10. The molecule has 0 atom stereocenters. The van der Waals surface area contributed by atoms with E-state index in [-0.39, 0.29) is 12.6 Å². The lowest BCUT2D eigenvalue weighted by atomic mass is 9.87. The van der Waals surface area contributed by atoms with Crippen LogP contribution in [0.3, 0.4) is 0 Å². The van der Waals surface area contributed by atoms with Gasteiger partial charge in [0.2, 0.25) is 0 Å². The van der Waals surface area contributed by atoms with Crippen LogP contribution in [0.15, 0.2) is 0 Å². The van der Waals surface area contributed by atoms with Gasteiger partial charge in [0.25, 0.3) is 0 Å². The molecule has 1 aliphatic carbocycles. The second-order valence-electron chi connectivity index (χ2n) is 6.04. The maximum absolute atomic E-state index is 12.1. The van der Waals surface area contributed by atoms with Gasteiger partial charge in [-0.25, -0.2) is 4.79 Å². The van der Waals surface area contributed by atoms with Gasteiger partial charge in [-0.1, -0.05) is 32.1 Å². The SMILES string of the molecule is CN(C)CCNC(=O)N(CCO)CCC1CCCCC1. The minimum absolute atomic E-state index is 0.0335. The quantitative estimate of drug-likeness (QED) is 0.711. The maximum atomic E-state index is 12.1. The Morgan fingerprint density at radius 3 is 2.45 bits per heavy atom. The molecule has 0 aromatic carbocycles. The summed E-state index contributed by atoms with van der Waals surface area (Å²) in [6, 6.07) is -0.0447. The van der Waals surface area contributed by atoms with Crippen LogP contribution in [-0.4, -0.2) is 67.8 Å². The molecule has 0 aromatic rings. The molecule has 0 unspecified atom stereocenters. The zero-order chi connectivity index (χ0) is 14.8. The average molecular weight is 285 g/mol. The zero-order valence-corrected chi connectivity index (χ0v) is 13.1. The van der Waals surface area contributed by atoms with E-state index in [0.29, 0.717) is 13.1 Å². The Morgan fingerprint density at radius 1 is 1.15 bits per heavy atom. The summed E-state index contributed by atoms with van der Waals surface area (Å²) in [6.45, 7) is 2.71. The Kier molecular flexibility index (Phi) is 8.62. The fourth-order valence-electron chi connectivity index (χ4n) is 2.75. The molecule has 2 N–H and O–H groups in total. The van der Waals surface area contributed by atoms with Crippen LogP contribution in [0.1, 0.15) is 38.5 Å². The van der Waals surface area contributed by atoms with Gasteiger partial charge in [0.15, 0.2) is 0 Å². The van der Waals surface area contributed by atoms with E-state index < -0.39 is 0 Å². The molecule has 1 rings (SSSR count). The largest absolute Gasteiger partial charge is 0.395 e. The van der Waals surface area contributed by atoms with Crippen LogP contribution < -0.4 is 5.32 Å². The molecule has 20 heavy (non-hydrogen) atoms. The van der Waals surface area contributed by atoms with E-state index in [1.165, 1.54) is 32.1 Å². The predicted octanol–water partition coefficient (Wildman–Crippen LogP) is 1.52. The number of hydrogen-bond donors (Lipinski definition) is 2. The summed E-state index contributed by atoms with van der Waals surface area (Å²) in [5, 5.41) is 12.0. The first-order valence-electron chi connectivity index (χ1n) is 7.92. The zero-order valence-electron chi connectivity index (χ0n) is 13.1. The van der Waals surface area contributed by atoms with Gasteiger partial charge in [-0.3, -0.25) is 0 Å². The molecular formula is C15H31N3O2. The molecule has 0 bridgehead atoms. The number of urea groups is 1. The molecule has 5 nitrogen and oxygen atoms in total. The summed E-state index contributed by atoms with van der Waals surface area (Å²) in [4.78, 5) is 15.9. The Labute approximate surface area is 123 Å². The first-order chi connectivity index (χ1) is 9.63. The number of nitrogens with one attached hydrogen (secondary N) is 1.